The number of hydrogen-bond donors (Lipinski definition) is 3. The van der Waals surface area contributed by atoms with Crippen LogP contribution in [0.4, 0.5) is 0 Å². The summed E-state index contributed by atoms with van der Waals surface area (Å²) in [6.07, 6.45) is 6.89. The average Bonchev–Trinajstić information content (AvgIpc) is 3.32. The molecule has 3 aromatic rings. The van der Waals surface area contributed by atoms with Gasteiger partial charge >= 0.3 is 5.69 Å². The minimum Gasteiger partial charge on any atom is -0.361 e. The fourth-order valence-corrected chi connectivity index (χ4v) is 4.00. The lowest BCUT2D eigenvalue weighted by Crippen LogP contribution is -2.38. The number of H-pyrrole nitrogens is 1. The molecule has 0 fully saturated rings. The van der Waals surface area contributed by atoms with Gasteiger partial charge in [-0.05, 0) is 44.2 Å². The summed E-state index contributed by atoms with van der Waals surface area (Å²) in [6.45, 7) is 5.74. The monoisotopic (exact) mass is 537 g/mol. The van der Waals surface area contributed by atoms with Crippen LogP contribution in [-0.2, 0) is 25.9 Å². The third-order valence-corrected chi connectivity index (χ3v) is 5.54. The van der Waals surface area contributed by atoms with Crippen molar-refractivity contribution < 1.29 is 0 Å². The largest absolute Gasteiger partial charge is 0.361 e. The van der Waals surface area contributed by atoms with Gasteiger partial charge < -0.3 is 15.6 Å². The molecule has 1 aliphatic heterocycles. The summed E-state index contributed by atoms with van der Waals surface area (Å²) in [7, 11) is 0. The molecule has 0 saturated heterocycles. The van der Waals surface area contributed by atoms with Crippen LogP contribution in [-0.4, -0.2) is 44.9 Å². The maximum Gasteiger partial charge on any atom is 0.345 e. The molecule has 1 aromatic carbocycles. The molecule has 1 aliphatic rings. The number of aromatic amines is 1. The molecule has 0 aliphatic carbocycles. The maximum absolute atomic E-state index is 12.4. The number of rotatable bonds is 8. The fraction of sp³-hybridized carbons (Fsp3) is 0.500. The number of nitrogens with zero attached hydrogens (tertiary/aromatic N) is 4. The van der Waals surface area contributed by atoms with Gasteiger partial charge in [0.25, 0.3) is 0 Å². The zero-order valence-corrected chi connectivity index (χ0v) is 20.4. The molecule has 0 spiro atoms. The van der Waals surface area contributed by atoms with Gasteiger partial charge in [-0.25, -0.2) is 9.48 Å². The van der Waals surface area contributed by atoms with E-state index in [1.807, 2.05) is 10.6 Å². The first-order valence-electron chi connectivity index (χ1n) is 11.0. The van der Waals surface area contributed by atoms with Crippen molar-refractivity contribution >= 4 is 40.8 Å². The first-order valence-corrected chi connectivity index (χ1v) is 11.0. The van der Waals surface area contributed by atoms with Crippen LogP contribution in [0.3, 0.4) is 0 Å². The van der Waals surface area contributed by atoms with Gasteiger partial charge in [-0.2, -0.15) is 5.10 Å². The van der Waals surface area contributed by atoms with E-state index >= 15 is 0 Å². The van der Waals surface area contributed by atoms with Crippen molar-refractivity contribution in [3.8, 4) is 0 Å². The molecule has 0 radical (unpaired) electrons. The third-order valence-electron chi connectivity index (χ3n) is 5.54. The number of fused-ring (bicyclic) bond motifs is 2. The minimum absolute atomic E-state index is 0. The van der Waals surface area contributed by atoms with Crippen LogP contribution >= 0.6 is 24.0 Å². The SMILES string of the molecule is CCNC(=NCCCn1nc2n(c1=O)CCCC2)NCCc1c[nH]c2ccccc12.I. The molecular formula is C22H32IN7O. The number of aryl methyl sites for hydroxylation is 2. The van der Waals surface area contributed by atoms with Crippen molar-refractivity contribution in [2.75, 3.05) is 19.6 Å². The summed E-state index contributed by atoms with van der Waals surface area (Å²) in [4.78, 5) is 20.4. The number of nitrogens with one attached hydrogen (secondary N) is 3. The van der Waals surface area contributed by atoms with Crippen LogP contribution in [0.1, 0.15) is 37.6 Å². The molecule has 4 rings (SSSR count). The van der Waals surface area contributed by atoms with E-state index in [2.05, 4.69) is 57.0 Å². The Morgan fingerprint density at radius 3 is 2.97 bits per heavy atom. The third kappa shape index (κ3) is 5.69. The average molecular weight is 537 g/mol. The Bertz CT molecular complexity index is 1070. The lowest BCUT2D eigenvalue weighted by Gasteiger charge is -2.11. The number of aliphatic imine (C=N–C) groups is 1. The molecule has 0 amide bonds. The first-order chi connectivity index (χ1) is 14.8. The zero-order chi connectivity index (χ0) is 20.8. The lowest BCUT2D eigenvalue weighted by atomic mass is 10.1. The molecule has 3 N–H and O–H groups in total. The Hall–Kier alpha value is -2.30. The highest BCUT2D eigenvalue weighted by atomic mass is 127. The first kappa shape index (κ1) is 23.4. The van der Waals surface area contributed by atoms with Crippen LogP contribution in [0.2, 0.25) is 0 Å². The van der Waals surface area contributed by atoms with Crippen LogP contribution < -0.4 is 16.3 Å². The van der Waals surface area contributed by atoms with E-state index in [0.717, 1.165) is 63.5 Å². The number of guanidine groups is 1. The zero-order valence-electron chi connectivity index (χ0n) is 18.1. The van der Waals surface area contributed by atoms with E-state index in [-0.39, 0.29) is 29.7 Å². The predicted molar refractivity (Wildman–Crippen MR) is 135 cm³/mol. The van der Waals surface area contributed by atoms with Crippen molar-refractivity contribution in [1.82, 2.24) is 30.0 Å². The standard InChI is InChI=1S/C22H31N7O.HI/c1-2-23-21(25-13-11-17-16-26-19-9-4-3-8-18(17)19)24-12-7-15-29-22(30)28-14-6-5-10-20(28)27-29;/h3-4,8-9,16,26H,2,5-7,10-15H2,1H3,(H2,23,24,25);1H. The number of hydrogen-bond acceptors (Lipinski definition) is 3. The Balaban J connectivity index is 0.00000272. The van der Waals surface area contributed by atoms with E-state index in [1.54, 1.807) is 4.68 Å². The van der Waals surface area contributed by atoms with Gasteiger partial charge in [0.2, 0.25) is 0 Å². The quantitative estimate of drug-likeness (QED) is 0.178. The Morgan fingerprint density at radius 2 is 2.13 bits per heavy atom. The van der Waals surface area contributed by atoms with Gasteiger partial charge in [0.05, 0.1) is 0 Å². The van der Waals surface area contributed by atoms with Gasteiger partial charge in [-0.3, -0.25) is 9.56 Å². The van der Waals surface area contributed by atoms with E-state index < -0.39 is 0 Å². The molecule has 9 heteroatoms. The molecule has 2 aromatic heterocycles. The van der Waals surface area contributed by atoms with E-state index in [4.69, 9.17) is 0 Å². The van der Waals surface area contributed by atoms with Crippen molar-refractivity contribution in [2.24, 2.45) is 4.99 Å². The number of benzene rings is 1. The van der Waals surface area contributed by atoms with E-state index in [1.165, 1.54) is 16.5 Å². The highest BCUT2D eigenvalue weighted by Gasteiger charge is 2.16. The number of aromatic nitrogens is 4. The Kier molecular flexibility index (Phi) is 8.56. The summed E-state index contributed by atoms with van der Waals surface area (Å²) < 4.78 is 3.43. The molecule has 8 nitrogen and oxygen atoms in total. The van der Waals surface area contributed by atoms with Gasteiger partial charge in [-0.1, -0.05) is 18.2 Å². The second-order valence-corrected chi connectivity index (χ2v) is 7.68. The highest BCUT2D eigenvalue weighted by molar-refractivity contribution is 14.0. The molecule has 168 valence electrons. The van der Waals surface area contributed by atoms with Crippen molar-refractivity contribution in [3.63, 3.8) is 0 Å². The Labute approximate surface area is 199 Å². The molecule has 31 heavy (non-hydrogen) atoms. The van der Waals surface area contributed by atoms with Crippen LogP contribution in [0.15, 0.2) is 40.2 Å². The maximum atomic E-state index is 12.4. The van der Waals surface area contributed by atoms with E-state index in [0.29, 0.717) is 13.1 Å². The van der Waals surface area contributed by atoms with Gasteiger partial charge in [-0.15, -0.1) is 24.0 Å². The highest BCUT2D eigenvalue weighted by Crippen LogP contribution is 2.17. The summed E-state index contributed by atoms with van der Waals surface area (Å²) in [5.74, 6) is 1.75. The van der Waals surface area contributed by atoms with Gasteiger partial charge in [0.1, 0.15) is 5.82 Å². The van der Waals surface area contributed by atoms with Crippen LogP contribution in [0, 0.1) is 0 Å². The molecule has 0 bridgehead atoms. The lowest BCUT2D eigenvalue weighted by molar-refractivity contribution is 0.509. The van der Waals surface area contributed by atoms with Crippen LogP contribution in [0.5, 0.6) is 0 Å². The van der Waals surface area contributed by atoms with Gasteiger partial charge in [0, 0.05) is 56.2 Å². The van der Waals surface area contributed by atoms with Crippen molar-refractivity contribution in [2.45, 2.75) is 52.1 Å². The van der Waals surface area contributed by atoms with E-state index in [9.17, 15) is 4.79 Å². The smallest absolute Gasteiger partial charge is 0.345 e. The number of para-hydroxylation sites is 1. The fourth-order valence-electron chi connectivity index (χ4n) is 4.00. The second kappa shape index (κ2) is 11.4. The Morgan fingerprint density at radius 1 is 1.26 bits per heavy atom. The molecule has 3 heterocycles. The second-order valence-electron chi connectivity index (χ2n) is 7.68. The topological polar surface area (TPSA) is 92.0 Å². The van der Waals surface area contributed by atoms with Crippen LogP contribution in [0.25, 0.3) is 10.9 Å². The normalized spacial score (nSPS) is 13.6. The molecule has 0 saturated carbocycles. The minimum atomic E-state index is 0. The summed E-state index contributed by atoms with van der Waals surface area (Å²) in [5.41, 5.74) is 2.50. The number of halogens is 1. The summed E-state index contributed by atoms with van der Waals surface area (Å²) >= 11 is 0. The summed E-state index contributed by atoms with van der Waals surface area (Å²) in [6, 6.07) is 8.36. The summed E-state index contributed by atoms with van der Waals surface area (Å²) in [5, 5.41) is 12.5. The molecule has 0 atom stereocenters. The van der Waals surface area contributed by atoms with Crippen molar-refractivity contribution in [3.05, 3.63) is 52.3 Å². The van der Waals surface area contributed by atoms with Crippen molar-refractivity contribution in [1.29, 1.82) is 0 Å². The van der Waals surface area contributed by atoms with Gasteiger partial charge in [0.15, 0.2) is 5.96 Å². The molecular weight excluding hydrogens is 505 g/mol. The molecule has 0 unspecified atom stereocenters. The predicted octanol–water partition coefficient (Wildman–Crippen LogP) is 2.67.